The van der Waals surface area contributed by atoms with Crippen LogP contribution < -0.4 is 4.72 Å². The highest BCUT2D eigenvalue weighted by Crippen LogP contribution is 2.29. The zero-order chi connectivity index (χ0) is 16.4. The molecule has 3 heterocycles. The Kier molecular flexibility index (Phi) is 4.69. The van der Waals surface area contributed by atoms with Gasteiger partial charge in [-0.1, -0.05) is 0 Å². The van der Waals surface area contributed by atoms with Crippen LogP contribution in [0.5, 0.6) is 0 Å². The summed E-state index contributed by atoms with van der Waals surface area (Å²) in [5.41, 5.74) is 0. The van der Waals surface area contributed by atoms with Crippen molar-refractivity contribution >= 4 is 32.7 Å². The van der Waals surface area contributed by atoms with Crippen molar-refractivity contribution in [3.05, 3.63) is 63.1 Å². The third-order valence-corrected chi connectivity index (χ3v) is 7.21. The van der Waals surface area contributed by atoms with E-state index in [1.807, 2.05) is 6.92 Å². The molecular formula is C15H15NO4S3. The lowest BCUT2D eigenvalue weighted by molar-refractivity contribution is 0.193. The Hall–Kier alpha value is -1.45. The molecule has 0 fully saturated rings. The molecule has 2 N–H and O–H groups in total. The van der Waals surface area contributed by atoms with E-state index in [2.05, 4.69) is 4.72 Å². The lowest BCUT2D eigenvalue weighted by atomic mass is 10.2. The van der Waals surface area contributed by atoms with Crippen molar-refractivity contribution < 1.29 is 17.9 Å². The average Bonchev–Trinajstić information content (AvgIpc) is 3.25. The Balaban J connectivity index is 1.68. The molecule has 0 amide bonds. The number of hydrogen-bond acceptors (Lipinski definition) is 6. The van der Waals surface area contributed by atoms with Gasteiger partial charge in [0.15, 0.2) is 0 Å². The number of aliphatic hydroxyl groups is 1. The van der Waals surface area contributed by atoms with Crippen LogP contribution in [0.2, 0.25) is 0 Å². The summed E-state index contributed by atoms with van der Waals surface area (Å²) < 4.78 is 32.4. The molecule has 0 bridgehead atoms. The van der Waals surface area contributed by atoms with Crippen LogP contribution >= 0.6 is 22.7 Å². The average molecular weight is 369 g/mol. The highest BCUT2D eigenvalue weighted by Gasteiger charge is 2.18. The summed E-state index contributed by atoms with van der Waals surface area (Å²) in [5, 5.41) is 10.2. The zero-order valence-electron chi connectivity index (χ0n) is 12.2. The molecule has 0 aliphatic carbocycles. The molecule has 0 aliphatic heterocycles. The number of aryl methyl sites for hydroxylation is 1. The minimum Gasteiger partial charge on any atom is -0.466 e. The molecule has 23 heavy (non-hydrogen) atoms. The third-order valence-electron chi connectivity index (χ3n) is 3.18. The summed E-state index contributed by atoms with van der Waals surface area (Å²) in [4.78, 5) is 2.48. The summed E-state index contributed by atoms with van der Waals surface area (Å²) >= 11 is 2.59. The maximum absolute atomic E-state index is 12.2. The van der Waals surface area contributed by atoms with E-state index in [1.54, 1.807) is 36.4 Å². The van der Waals surface area contributed by atoms with E-state index >= 15 is 0 Å². The van der Waals surface area contributed by atoms with E-state index in [9.17, 15) is 13.5 Å². The van der Waals surface area contributed by atoms with Gasteiger partial charge in [-0.15, -0.1) is 22.7 Å². The molecule has 122 valence electrons. The van der Waals surface area contributed by atoms with Crippen LogP contribution in [0.15, 0.2) is 51.3 Å². The van der Waals surface area contributed by atoms with Gasteiger partial charge in [-0.25, -0.2) is 13.1 Å². The summed E-state index contributed by atoms with van der Waals surface area (Å²) in [6.07, 6.45) is 0.671. The summed E-state index contributed by atoms with van der Waals surface area (Å²) in [7, 11) is -3.50. The zero-order valence-corrected chi connectivity index (χ0v) is 14.7. The SMILES string of the molecule is Cc1ccc(S(=O)(=O)NCc2ccc(C(O)c3ccco3)s2)s1. The molecule has 3 aromatic rings. The van der Waals surface area contributed by atoms with Gasteiger partial charge in [0.05, 0.1) is 6.26 Å². The molecule has 0 saturated heterocycles. The van der Waals surface area contributed by atoms with Crippen molar-refractivity contribution in [3.8, 4) is 0 Å². The predicted molar refractivity (Wildman–Crippen MR) is 90.2 cm³/mol. The Labute approximate surface area is 142 Å². The minimum absolute atomic E-state index is 0.189. The first-order valence-corrected chi connectivity index (χ1v) is 9.93. The second-order valence-corrected chi connectivity index (χ2v) is 9.39. The smallest absolute Gasteiger partial charge is 0.250 e. The molecule has 3 rings (SSSR count). The van der Waals surface area contributed by atoms with Gasteiger partial charge in [0.1, 0.15) is 16.1 Å². The predicted octanol–water partition coefficient (Wildman–Crippen LogP) is 3.27. The fourth-order valence-corrected chi connectivity index (χ4v) is 5.39. The molecule has 0 radical (unpaired) electrons. The van der Waals surface area contributed by atoms with E-state index < -0.39 is 16.1 Å². The Morgan fingerprint density at radius 1 is 1.22 bits per heavy atom. The van der Waals surface area contributed by atoms with Crippen molar-refractivity contribution in [2.24, 2.45) is 0 Å². The number of nitrogens with one attached hydrogen (secondary N) is 1. The third kappa shape index (κ3) is 3.73. The van der Waals surface area contributed by atoms with Crippen LogP contribution in [0.4, 0.5) is 0 Å². The number of thiophene rings is 2. The molecule has 0 saturated carbocycles. The standard InChI is InChI=1S/C15H15NO4S3/c1-10-4-7-14(21-10)23(18,19)16-9-11-5-6-13(22-11)15(17)12-3-2-8-20-12/h2-8,15-17H,9H2,1H3. The summed E-state index contributed by atoms with van der Waals surface area (Å²) in [5.74, 6) is 0.466. The Morgan fingerprint density at radius 3 is 2.70 bits per heavy atom. The van der Waals surface area contributed by atoms with Crippen molar-refractivity contribution in [2.75, 3.05) is 0 Å². The van der Waals surface area contributed by atoms with Crippen molar-refractivity contribution in [2.45, 2.75) is 23.8 Å². The van der Waals surface area contributed by atoms with Gasteiger partial charge in [-0.2, -0.15) is 0 Å². The molecule has 1 unspecified atom stereocenters. The maximum atomic E-state index is 12.2. The Morgan fingerprint density at radius 2 is 2.04 bits per heavy atom. The highest BCUT2D eigenvalue weighted by atomic mass is 32.2. The van der Waals surface area contributed by atoms with Gasteiger partial charge < -0.3 is 9.52 Å². The molecule has 3 aromatic heterocycles. The highest BCUT2D eigenvalue weighted by molar-refractivity contribution is 7.91. The first-order chi connectivity index (χ1) is 11.0. The molecule has 1 atom stereocenters. The van der Waals surface area contributed by atoms with Crippen molar-refractivity contribution in [1.29, 1.82) is 0 Å². The van der Waals surface area contributed by atoms with Crippen molar-refractivity contribution in [1.82, 2.24) is 4.72 Å². The van der Waals surface area contributed by atoms with Gasteiger partial charge in [-0.3, -0.25) is 0 Å². The maximum Gasteiger partial charge on any atom is 0.250 e. The number of aliphatic hydroxyl groups excluding tert-OH is 1. The number of furan rings is 1. The fraction of sp³-hybridized carbons (Fsp3) is 0.200. The van der Waals surface area contributed by atoms with Crippen LogP contribution in [0, 0.1) is 6.92 Å². The molecule has 0 spiro atoms. The van der Waals surface area contributed by atoms with Gasteiger partial charge in [0, 0.05) is 21.2 Å². The monoisotopic (exact) mass is 369 g/mol. The largest absolute Gasteiger partial charge is 0.466 e. The van der Waals surface area contributed by atoms with E-state index in [-0.39, 0.29) is 6.54 Å². The molecular weight excluding hydrogens is 354 g/mol. The lowest BCUT2D eigenvalue weighted by Crippen LogP contribution is -2.21. The summed E-state index contributed by atoms with van der Waals surface area (Å²) in [6, 6.07) is 10.4. The second-order valence-electron chi connectivity index (χ2n) is 4.91. The molecule has 8 heteroatoms. The van der Waals surface area contributed by atoms with Crippen LogP contribution in [-0.2, 0) is 16.6 Å². The van der Waals surface area contributed by atoms with E-state index in [1.165, 1.54) is 28.9 Å². The van der Waals surface area contributed by atoms with Gasteiger partial charge in [0.25, 0.3) is 0 Å². The first-order valence-electron chi connectivity index (χ1n) is 6.82. The number of rotatable bonds is 6. The normalized spacial score (nSPS) is 13.3. The van der Waals surface area contributed by atoms with E-state index in [0.29, 0.717) is 14.8 Å². The topological polar surface area (TPSA) is 79.5 Å². The van der Waals surface area contributed by atoms with Gasteiger partial charge >= 0.3 is 0 Å². The molecule has 0 aromatic carbocycles. The lowest BCUT2D eigenvalue weighted by Gasteiger charge is -2.04. The molecule has 5 nitrogen and oxygen atoms in total. The van der Waals surface area contributed by atoms with Crippen molar-refractivity contribution in [3.63, 3.8) is 0 Å². The van der Waals surface area contributed by atoms with Crippen LogP contribution in [0.3, 0.4) is 0 Å². The number of hydrogen-bond donors (Lipinski definition) is 2. The second kappa shape index (κ2) is 6.58. The fourth-order valence-electron chi connectivity index (χ4n) is 2.02. The summed E-state index contributed by atoms with van der Waals surface area (Å²) in [6.45, 7) is 2.06. The Bertz CT molecular complexity index is 878. The molecule has 0 aliphatic rings. The van der Waals surface area contributed by atoms with Crippen LogP contribution in [0.25, 0.3) is 0 Å². The number of sulfonamides is 1. The minimum atomic E-state index is -3.50. The first kappa shape index (κ1) is 16.4. The van der Waals surface area contributed by atoms with Crippen LogP contribution in [-0.4, -0.2) is 13.5 Å². The van der Waals surface area contributed by atoms with Gasteiger partial charge in [0.2, 0.25) is 10.0 Å². The van der Waals surface area contributed by atoms with E-state index in [0.717, 1.165) is 9.75 Å². The van der Waals surface area contributed by atoms with Gasteiger partial charge in [-0.05, 0) is 43.3 Å². The van der Waals surface area contributed by atoms with E-state index in [4.69, 9.17) is 4.42 Å². The quantitative estimate of drug-likeness (QED) is 0.699. The van der Waals surface area contributed by atoms with Crippen LogP contribution in [0.1, 0.15) is 26.5 Å².